The van der Waals surface area contributed by atoms with Crippen LogP contribution in [-0.2, 0) is 34.0 Å². The number of urea groups is 1. The van der Waals surface area contributed by atoms with Gasteiger partial charge in [0.15, 0.2) is 0 Å². The summed E-state index contributed by atoms with van der Waals surface area (Å²) in [5.41, 5.74) is 1.79. The van der Waals surface area contributed by atoms with Gasteiger partial charge in [-0.15, -0.1) is 0 Å². The first-order valence-electron chi connectivity index (χ1n) is 14.2. The third-order valence-corrected chi connectivity index (χ3v) is 9.10. The molecule has 2 aliphatic heterocycles. The lowest BCUT2D eigenvalue weighted by Gasteiger charge is -2.32. The maximum atomic E-state index is 13.2. The van der Waals surface area contributed by atoms with Crippen LogP contribution in [0.1, 0.15) is 61.6 Å². The summed E-state index contributed by atoms with van der Waals surface area (Å²) in [5.74, 6) is -1.56. The molecule has 1 aliphatic carbocycles. The Labute approximate surface area is 249 Å². The van der Waals surface area contributed by atoms with Gasteiger partial charge in [-0.3, -0.25) is 24.2 Å². The van der Waals surface area contributed by atoms with E-state index >= 15 is 0 Å². The van der Waals surface area contributed by atoms with Crippen LogP contribution in [0.5, 0.6) is 0 Å². The van der Waals surface area contributed by atoms with Crippen LogP contribution in [0.2, 0.25) is 10.0 Å². The highest BCUT2D eigenvalue weighted by Gasteiger charge is 2.51. The van der Waals surface area contributed by atoms with E-state index in [1.165, 1.54) is 4.90 Å². The van der Waals surface area contributed by atoms with Crippen LogP contribution < -0.4 is 16.0 Å². The second-order valence-electron chi connectivity index (χ2n) is 11.2. The van der Waals surface area contributed by atoms with E-state index in [0.29, 0.717) is 22.9 Å². The lowest BCUT2D eigenvalue weighted by Crippen LogP contribution is -2.48. The van der Waals surface area contributed by atoms with Crippen molar-refractivity contribution in [1.29, 1.82) is 0 Å². The predicted molar refractivity (Wildman–Crippen MR) is 156 cm³/mol. The number of carbonyl (C=O) groups is 4. The Hall–Kier alpha value is -3.14. The van der Waals surface area contributed by atoms with Gasteiger partial charge in [0.05, 0.1) is 16.6 Å². The highest BCUT2D eigenvalue weighted by molar-refractivity contribution is 6.42. The predicted octanol–water partition coefficient (Wildman–Crippen LogP) is 4.15. The van der Waals surface area contributed by atoms with Crippen molar-refractivity contribution in [3.05, 3.63) is 69.2 Å². The molecule has 5 rings (SSSR count). The molecular weight excluding hydrogens is 565 g/mol. The van der Waals surface area contributed by atoms with E-state index in [1.54, 1.807) is 6.07 Å². The summed E-state index contributed by atoms with van der Waals surface area (Å²) in [4.78, 5) is 54.7. The average Bonchev–Trinajstić information content (AvgIpc) is 3.19. The topological polar surface area (TPSA) is 111 Å². The number of hydrogen-bond acceptors (Lipinski definition) is 5. The van der Waals surface area contributed by atoms with Crippen molar-refractivity contribution in [2.45, 2.75) is 76.2 Å². The van der Waals surface area contributed by atoms with E-state index in [4.69, 9.17) is 23.2 Å². The van der Waals surface area contributed by atoms with E-state index in [1.807, 2.05) is 36.4 Å². The Morgan fingerprint density at radius 2 is 1.61 bits per heavy atom. The van der Waals surface area contributed by atoms with Gasteiger partial charge < -0.3 is 16.0 Å². The zero-order valence-electron chi connectivity index (χ0n) is 22.9. The minimum absolute atomic E-state index is 0.0857. The lowest BCUT2D eigenvalue weighted by molar-refractivity contribution is -0.139. The number of imide groups is 1. The van der Waals surface area contributed by atoms with Crippen molar-refractivity contribution in [3.63, 3.8) is 0 Å². The van der Waals surface area contributed by atoms with Crippen LogP contribution >= 0.6 is 23.2 Å². The van der Waals surface area contributed by atoms with Gasteiger partial charge in [0.25, 0.3) is 5.91 Å². The van der Waals surface area contributed by atoms with Crippen molar-refractivity contribution in [2.24, 2.45) is 0 Å². The summed E-state index contributed by atoms with van der Waals surface area (Å²) < 4.78 is 0. The van der Waals surface area contributed by atoms with Gasteiger partial charge >= 0.3 is 17.8 Å². The molecule has 5 amide bonds. The first-order chi connectivity index (χ1) is 19.7. The molecule has 0 unspecified atom stereocenters. The van der Waals surface area contributed by atoms with Crippen LogP contribution in [-0.4, -0.2) is 58.2 Å². The molecule has 9 nitrogen and oxygen atoms in total. The summed E-state index contributed by atoms with van der Waals surface area (Å²) in [6.45, 7) is 2.53. The summed E-state index contributed by atoms with van der Waals surface area (Å²) >= 11 is 12.1. The molecule has 0 radical (unpaired) electrons. The third kappa shape index (κ3) is 6.85. The van der Waals surface area contributed by atoms with Crippen molar-refractivity contribution >= 4 is 47.0 Å². The Morgan fingerprint density at radius 1 is 0.902 bits per heavy atom. The highest BCUT2D eigenvalue weighted by atomic mass is 35.5. The van der Waals surface area contributed by atoms with Gasteiger partial charge in [-0.25, -0.2) is 4.79 Å². The second kappa shape index (κ2) is 12.8. The standard InChI is InChI=1S/C30H35Cl2N5O4/c31-24-9-8-20(16-25(24)32)18-36-14-10-23(11-15-36)34-27(39)26(38)33-17-21-6-2-3-7-22(21)19-37-28(40)30(35-29(37)41)12-4-1-5-13-30/h2-3,6-9,16,23H,1,4-5,10-15,17-19H2,(H,33,38)(H,34,39)(H,35,41). The molecule has 2 aromatic rings. The van der Waals surface area contributed by atoms with Crippen LogP contribution in [0.15, 0.2) is 42.5 Å². The van der Waals surface area contributed by atoms with Gasteiger partial charge in [0.1, 0.15) is 5.54 Å². The molecule has 41 heavy (non-hydrogen) atoms. The molecule has 1 spiro atoms. The van der Waals surface area contributed by atoms with E-state index in [-0.39, 0.29) is 31.1 Å². The molecule has 1 saturated carbocycles. The minimum atomic E-state index is -0.781. The second-order valence-corrected chi connectivity index (χ2v) is 12.0. The number of carbonyl (C=O) groups excluding carboxylic acids is 4. The number of amides is 5. The first-order valence-corrected chi connectivity index (χ1v) is 15.0. The van der Waals surface area contributed by atoms with Crippen LogP contribution in [0.25, 0.3) is 0 Å². The number of rotatable bonds is 7. The zero-order valence-corrected chi connectivity index (χ0v) is 24.4. The fourth-order valence-electron chi connectivity index (χ4n) is 6.01. The summed E-state index contributed by atoms with van der Waals surface area (Å²) in [5, 5.41) is 9.54. The van der Waals surface area contributed by atoms with E-state index in [0.717, 1.165) is 68.4 Å². The Balaban J connectivity index is 1.09. The number of piperidine rings is 1. The molecule has 3 aliphatic rings. The lowest BCUT2D eigenvalue weighted by atomic mass is 9.81. The fourth-order valence-corrected chi connectivity index (χ4v) is 6.33. The number of nitrogens with zero attached hydrogens (tertiary/aromatic N) is 2. The number of likely N-dealkylation sites (tertiary alicyclic amines) is 1. The van der Waals surface area contributed by atoms with Gasteiger partial charge in [-0.2, -0.15) is 0 Å². The van der Waals surface area contributed by atoms with E-state index < -0.39 is 17.4 Å². The quantitative estimate of drug-likeness (QED) is 0.327. The molecule has 11 heteroatoms. The number of benzene rings is 2. The molecular formula is C30H35Cl2N5O4. The van der Waals surface area contributed by atoms with E-state index in [2.05, 4.69) is 20.9 Å². The van der Waals surface area contributed by atoms with Gasteiger partial charge in [-0.05, 0) is 54.5 Å². The minimum Gasteiger partial charge on any atom is -0.345 e. The van der Waals surface area contributed by atoms with Crippen LogP contribution in [0, 0.1) is 0 Å². The summed E-state index contributed by atoms with van der Waals surface area (Å²) in [6.07, 6.45) is 5.70. The SMILES string of the molecule is O=C(NCc1ccccc1CN1C(=O)NC2(CCCCC2)C1=O)C(=O)NC1CCN(Cc2ccc(Cl)c(Cl)c2)CC1. The van der Waals surface area contributed by atoms with Crippen LogP contribution in [0.3, 0.4) is 0 Å². The van der Waals surface area contributed by atoms with Crippen molar-refractivity contribution < 1.29 is 19.2 Å². The molecule has 2 heterocycles. The molecule has 2 saturated heterocycles. The maximum absolute atomic E-state index is 13.2. The molecule has 2 aromatic carbocycles. The highest BCUT2D eigenvalue weighted by Crippen LogP contribution is 2.34. The zero-order chi connectivity index (χ0) is 29.0. The summed E-state index contributed by atoms with van der Waals surface area (Å²) in [7, 11) is 0. The summed E-state index contributed by atoms with van der Waals surface area (Å²) in [6, 6.07) is 12.5. The third-order valence-electron chi connectivity index (χ3n) is 8.36. The molecule has 3 fully saturated rings. The van der Waals surface area contributed by atoms with E-state index in [9.17, 15) is 19.2 Å². The van der Waals surface area contributed by atoms with Crippen molar-refractivity contribution in [3.8, 4) is 0 Å². The molecule has 218 valence electrons. The van der Waals surface area contributed by atoms with Crippen LogP contribution in [0.4, 0.5) is 4.79 Å². The van der Waals surface area contributed by atoms with Crippen molar-refractivity contribution in [2.75, 3.05) is 13.1 Å². The van der Waals surface area contributed by atoms with Gasteiger partial charge in [0.2, 0.25) is 0 Å². The molecule has 0 bridgehead atoms. The first kappa shape index (κ1) is 29.4. The monoisotopic (exact) mass is 599 g/mol. The van der Waals surface area contributed by atoms with Gasteiger partial charge in [0, 0.05) is 32.2 Å². The fraction of sp³-hybridized carbons (Fsp3) is 0.467. The Kier molecular flexibility index (Phi) is 9.16. The Bertz CT molecular complexity index is 1320. The maximum Gasteiger partial charge on any atom is 0.325 e. The molecule has 0 atom stereocenters. The number of nitrogens with one attached hydrogen (secondary N) is 3. The largest absolute Gasteiger partial charge is 0.345 e. The number of hydrogen-bond donors (Lipinski definition) is 3. The molecule has 0 aromatic heterocycles. The average molecular weight is 601 g/mol. The van der Waals surface area contributed by atoms with Gasteiger partial charge in [-0.1, -0.05) is 72.8 Å². The smallest absolute Gasteiger partial charge is 0.325 e. The normalized spacial score (nSPS) is 19.3. The number of halogens is 2. The Morgan fingerprint density at radius 3 is 2.32 bits per heavy atom. The van der Waals surface area contributed by atoms with Crippen molar-refractivity contribution in [1.82, 2.24) is 25.8 Å². The molecule has 3 N–H and O–H groups in total.